The van der Waals surface area contributed by atoms with Crippen LogP contribution in [0.25, 0.3) is 0 Å². The zero-order chi connectivity index (χ0) is 12.3. The van der Waals surface area contributed by atoms with Gasteiger partial charge in [-0.15, -0.1) is 0 Å². The summed E-state index contributed by atoms with van der Waals surface area (Å²) >= 11 is 0. The first-order valence-electron chi connectivity index (χ1n) is 5.44. The highest BCUT2D eigenvalue weighted by Crippen LogP contribution is 2.32. The Bertz CT molecular complexity index is 262. The van der Waals surface area contributed by atoms with Crippen molar-refractivity contribution in [1.82, 2.24) is 4.90 Å². The molecule has 0 radical (unpaired) electrons. The highest BCUT2D eigenvalue weighted by molar-refractivity contribution is 5.90. The number of ether oxygens (including phenoxy) is 1. The molecule has 3 atom stereocenters. The first-order valence-corrected chi connectivity index (χ1v) is 5.44. The number of hydrogen-bond donors (Lipinski definition) is 0. The molecule has 1 rings (SSSR count). The standard InChI is InChI=1S/C11H19F2NO2/c1-11(7-12,10(13)16-3)9(15)8-5-4-6-14(8)2/h8,10H,4-7H2,1-3H3. The van der Waals surface area contributed by atoms with Crippen LogP contribution < -0.4 is 0 Å². The number of likely N-dealkylation sites (tertiary alicyclic amines) is 1. The Balaban J connectivity index is 2.83. The maximum atomic E-state index is 13.5. The van der Waals surface area contributed by atoms with E-state index in [1.807, 2.05) is 4.90 Å². The summed E-state index contributed by atoms with van der Waals surface area (Å²) in [6.45, 7) is 1.05. The van der Waals surface area contributed by atoms with E-state index in [0.29, 0.717) is 6.42 Å². The first-order chi connectivity index (χ1) is 7.47. The van der Waals surface area contributed by atoms with Crippen LogP contribution >= 0.6 is 0 Å². The molecule has 0 aromatic carbocycles. The van der Waals surface area contributed by atoms with Crippen LogP contribution in [0.2, 0.25) is 0 Å². The Labute approximate surface area is 94.7 Å². The lowest BCUT2D eigenvalue weighted by molar-refractivity contribution is -0.155. The molecule has 3 nitrogen and oxygen atoms in total. The van der Waals surface area contributed by atoms with Gasteiger partial charge < -0.3 is 4.74 Å². The third kappa shape index (κ3) is 2.25. The van der Waals surface area contributed by atoms with Crippen molar-refractivity contribution in [2.75, 3.05) is 27.4 Å². The SMILES string of the molecule is COC(F)C(C)(CF)C(=O)C1CCCN1C. The van der Waals surface area contributed by atoms with Gasteiger partial charge in [-0.2, -0.15) is 0 Å². The number of Topliss-reactive ketones (excluding diaryl/α,β-unsaturated/α-hetero) is 1. The van der Waals surface area contributed by atoms with Crippen molar-refractivity contribution < 1.29 is 18.3 Å². The summed E-state index contributed by atoms with van der Waals surface area (Å²) < 4.78 is 30.9. The number of halogens is 2. The second-order valence-electron chi connectivity index (χ2n) is 4.61. The number of alkyl halides is 2. The smallest absolute Gasteiger partial charge is 0.213 e. The largest absolute Gasteiger partial charge is 0.351 e. The van der Waals surface area contributed by atoms with Crippen molar-refractivity contribution in [3.8, 4) is 0 Å². The third-order valence-electron chi connectivity index (χ3n) is 3.37. The van der Waals surface area contributed by atoms with Crippen molar-refractivity contribution in [2.24, 2.45) is 5.41 Å². The Morgan fingerprint density at radius 2 is 2.31 bits per heavy atom. The van der Waals surface area contributed by atoms with E-state index in [1.165, 1.54) is 6.92 Å². The Morgan fingerprint density at radius 1 is 1.69 bits per heavy atom. The lowest BCUT2D eigenvalue weighted by atomic mass is 9.82. The second kappa shape index (κ2) is 5.19. The minimum Gasteiger partial charge on any atom is -0.351 e. The Morgan fingerprint density at radius 3 is 2.69 bits per heavy atom. The summed E-state index contributed by atoms with van der Waals surface area (Å²) in [4.78, 5) is 14.0. The molecule has 0 aliphatic carbocycles. The molecule has 5 heteroatoms. The number of hydrogen-bond acceptors (Lipinski definition) is 3. The minimum absolute atomic E-state index is 0.380. The zero-order valence-electron chi connectivity index (χ0n) is 10.0. The van der Waals surface area contributed by atoms with Crippen molar-refractivity contribution in [3.63, 3.8) is 0 Å². The van der Waals surface area contributed by atoms with Crippen molar-refractivity contribution in [1.29, 1.82) is 0 Å². The van der Waals surface area contributed by atoms with Crippen molar-refractivity contribution >= 4 is 5.78 Å². The fraction of sp³-hybridized carbons (Fsp3) is 0.909. The molecule has 1 saturated heterocycles. The molecule has 94 valence electrons. The summed E-state index contributed by atoms with van der Waals surface area (Å²) in [6.07, 6.45) is -0.334. The van der Waals surface area contributed by atoms with Gasteiger partial charge in [-0.05, 0) is 33.4 Å². The average molecular weight is 235 g/mol. The van der Waals surface area contributed by atoms with Gasteiger partial charge in [0.2, 0.25) is 6.36 Å². The number of rotatable bonds is 5. The molecule has 0 aromatic rings. The second-order valence-corrected chi connectivity index (χ2v) is 4.61. The Hall–Kier alpha value is -0.550. The van der Waals surface area contributed by atoms with Gasteiger partial charge in [0.15, 0.2) is 5.78 Å². The summed E-state index contributed by atoms with van der Waals surface area (Å²) in [6, 6.07) is -0.380. The van der Waals surface area contributed by atoms with E-state index in [9.17, 15) is 13.6 Å². The van der Waals surface area contributed by atoms with E-state index in [2.05, 4.69) is 4.74 Å². The van der Waals surface area contributed by atoms with Crippen LogP contribution in [0.15, 0.2) is 0 Å². The first kappa shape index (κ1) is 13.5. The molecule has 1 aliphatic heterocycles. The molecule has 1 heterocycles. The van der Waals surface area contributed by atoms with Crippen molar-refractivity contribution in [2.45, 2.75) is 32.2 Å². The van der Waals surface area contributed by atoms with Gasteiger partial charge in [-0.3, -0.25) is 9.69 Å². The van der Waals surface area contributed by atoms with E-state index >= 15 is 0 Å². The van der Waals surface area contributed by atoms with Crippen LogP contribution in [0.5, 0.6) is 0 Å². The Kier molecular flexibility index (Phi) is 4.38. The van der Waals surface area contributed by atoms with Gasteiger partial charge in [0.05, 0.1) is 6.04 Å². The van der Waals surface area contributed by atoms with Crippen molar-refractivity contribution in [3.05, 3.63) is 0 Å². The van der Waals surface area contributed by atoms with Crippen LogP contribution in [-0.4, -0.2) is 50.5 Å². The molecule has 0 amide bonds. The monoisotopic (exact) mass is 235 g/mol. The van der Waals surface area contributed by atoms with Crippen LogP contribution in [0.3, 0.4) is 0 Å². The highest BCUT2D eigenvalue weighted by atomic mass is 19.2. The van der Waals surface area contributed by atoms with Crippen LogP contribution in [-0.2, 0) is 9.53 Å². The lowest BCUT2D eigenvalue weighted by Gasteiger charge is -2.32. The molecule has 0 bridgehead atoms. The minimum atomic E-state index is -1.89. The fourth-order valence-electron chi connectivity index (χ4n) is 2.12. The third-order valence-corrected chi connectivity index (χ3v) is 3.37. The molecular formula is C11H19F2NO2. The zero-order valence-corrected chi connectivity index (χ0v) is 10.0. The van der Waals surface area contributed by atoms with E-state index in [1.54, 1.807) is 7.05 Å². The van der Waals surface area contributed by atoms with Gasteiger partial charge in [0, 0.05) is 7.11 Å². The molecule has 0 N–H and O–H groups in total. The molecule has 1 fully saturated rings. The summed E-state index contributed by atoms with van der Waals surface area (Å²) in [5.41, 5.74) is -1.68. The predicted octanol–water partition coefficient (Wildman–Crippen LogP) is 1.57. The quantitative estimate of drug-likeness (QED) is 0.724. The highest BCUT2D eigenvalue weighted by Gasteiger charge is 2.47. The number of ketones is 1. The molecule has 1 aliphatic rings. The molecule has 0 aromatic heterocycles. The van der Waals surface area contributed by atoms with Crippen LogP contribution in [0, 0.1) is 5.41 Å². The fourth-order valence-corrected chi connectivity index (χ4v) is 2.12. The summed E-state index contributed by atoms with van der Waals surface area (Å²) in [5.74, 6) is -0.399. The van der Waals surface area contributed by atoms with E-state index in [4.69, 9.17) is 0 Å². The van der Waals surface area contributed by atoms with Gasteiger partial charge in [0.1, 0.15) is 12.1 Å². The maximum Gasteiger partial charge on any atom is 0.213 e. The number of carbonyl (C=O) groups is 1. The van der Waals surface area contributed by atoms with E-state index in [-0.39, 0.29) is 6.04 Å². The molecule has 0 saturated carbocycles. The number of likely N-dealkylation sites (N-methyl/N-ethyl adjacent to an activating group) is 1. The molecular weight excluding hydrogens is 216 g/mol. The summed E-state index contributed by atoms with van der Waals surface area (Å²) in [5, 5.41) is 0. The van der Waals surface area contributed by atoms with Gasteiger partial charge in [-0.1, -0.05) is 0 Å². The molecule has 3 unspecified atom stereocenters. The van der Waals surface area contributed by atoms with Crippen LogP contribution in [0.1, 0.15) is 19.8 Å². The molecule has 16 heavy (non-hydrogen) atoms. The van der Waals surface area contributed by atoms with E-state index in [0.717, 1.165) is 20.1 Å². The molecule has 0 spiro atoms. The maximum absolute atomic E-state index is 13.5. The number of methoxy groups -OCH3 is 1. The van der Waals surface area contributed by atoms with Gasteiger partial charge in [-0.25, -0.2) is 8.78 Å². The van der Waals surface area contributed by atoms with Gasteiger partial charge >= 0.3 is 0 Å². The van der Waals surface area contributed by atoms with Gasteiger partial charge in [0.25, 0.3) is 0 Å². The predicted molar refractivity (Wildman–Crippen MR) is 56.6 cm³/mol. The van der Waals surface area contributed by atoms with Crippen LogP contribution in [0.4, 0.5) is 8.78 Å². The lowest BCUT2D eigenvalue weighted by Crippen LogP contribution is -2.49. The summed E-state index contributed by atoms with van der Waals surface area (Å²) in [7, 11) is 2.94. The number of carbonyl (C=O) groups excluding carboxylic acids is 1. The topological polar surface area (TPSA) is 29.5 Å². The average Bonchev–Trinajstić information content (AvgIpc) is 2.72. The van der Waals surface area contributed by atoms with E-state index < -0.39 is 24.2 Å². The number of nitrogens with zero attached hydrogens (tertiary/aromatic N) is 1. The normalized spacial score (nSPS) is 27.7.